The molecule has 0 heterocycles. The Hall–Kier alpha value is 0.00494. The zero-order chi connectivity index (χ0) is 22.7. The molecule has 1 unspecified atom stereocenters. The average molecular weight is 484 g/mol. The topological polar surface area (TPSA) is 20.3 Å². The minimum atomic E-state index is -1.72. The van der Waals surface area contributed by atoms with Gasteiger partial charge in [-0.3, -0.25) is 0 Å². The first-order valence-electron chi connectivity index (χ1n) is 10.5. The van der Waals surface area contributed by atoms with E-state index in [0.29, 0.717) is 5.92 Å². The van der Waals surface area contributed by atoms with Crippen molar-refractivity contribution >= 4 is 25.0 Å². The molecular weight excluding hydrogens is 438 g/mol. The second kappa shape index (κ2) is 11.6. The third kappa shape index (κ3) is 11.3. The Kier molecular flexibility index (Phi) is 12.5. The summed E-state index contributed by atoms with van der Waals surface area (Å²) in [6.45, 7) is 28.9. The van der Waals surface area contributed by atoms with Gasteiger partial charge in [0.05, 0.1) is 0 Å². The maximum absolute atomic E-state index is 12.5. The molecule has 1 aliphatic carbocycles. The van der Waals surface area contributed by atoms with E-state index in [9.17, 15) is 4.46 Å². The molecule has 29 heavy (non-hydrogen) atoms. The Morgan fingerprint density at radius 2 is 1.31 bits per heavy atom. The van der Waals surface area contributed by atoms with Gasteiger partial charge in [-0.1, -0.05) is 57.4 Å². The average Bonchev–Trinajstić information content (AvgIpc) is 2.68. The molecule has 0 bridgehead atoms. The first kappa shape index (κ1) is 31.2. The molecule has 0 aromatic heterocycles. The molecule has 1 atom stereocenters. The predicted molar refractivity (Wildman–Crippen MR) is 133 cm³/mol. The zero-order valence-electron chi connectivity index (χ0n) is 21.6. The van der Waals surface area contributed by atoms with Crippen LogP contribution in [0.25, 0.3) is 0 Å². The van der Waals surface area contributed by atoms with E-state index in [4.69, 9.17) is 0 Å². The first-order valence-corrected chi connectivity index (χ1v) is 19.0. The fourth-order valence-electron chi connectivity index (χ4n) is 2.76. The summed E-state index contributed by atoms with van der Waals surface area (Å²) in [5.41, 5.74) is 12.4. The molecule has 6 heteroatoms. The van der Waals surface area contributed by atoms with E-state index < -0.39 is 25.0 Å². The van der Waals surface area contributed by atoms with Crippen LogP contribution in [0.5, 0.6) is 0 Å². The molecule has 0 spiro atoms. The molecule has 0 aromatic rings. The molecule has 0 aromatic carbocycles. The molecule has 0 amide bonds. The van der Waals surface area contributed by atoms with Crippen LogP contribution < -0.4 is 0 Å². The molecule has 0 radical (unpaired) electrons. The van der Waals surface area contributed by atoms with Crippen LogP contribution in [0.2, 0.25) is 45.3 Å². The predicted octanol–water partition coefficient (Wildman–Crippen LogP) is 6.68. The van der Waals surface area contributed by atoms with Crippen molar-refractivity contribution < 1.29 is 26.2 Å². The van der Waals surface area contributed by atoms with Crippen LogP contribution in [0.1, 0.15) is 48.5 Å². The van der Waals surface area contributed by atoms with Crippen molar-refractivity contribution in [3.8, 4) is 11.1 Å². The van der Waals surface area contributed by atoms with Gasteiger partial charge >= 0.3 is 8.84 Å². The minimum Gasteiger partial charge on any atom is -0.375 e. The van der Waals surface area contributed by atoms with Crippen molar-refractivity contribution in [1.29, 1.82) is 0 Å². The summed E-state index contributed by atoms with van der Waals surface area (Å²) >= 11 is 0. The smallest absolute Gasteiger partial charge is 0.375 e. The third-order valence-corrected chi connectivity index (χ3v) is 9.44. The largest absolute Gasteiger partial charge is 0.399 e. The van der Waals surface area contributed by atoms with E-state index in [1.165, 1.54) is 22.3 Å². The summed E-state index contributed by atoms with van der Waals surface area (Å²) in [6, 6.07) is 0.736. The molecular formula is C23H45NOSi3Ti. The van der Waals surface area contributed by atoms with Gasteiger partial charge in [-0.15, -0.1) is 11.1 Å². The molecule has 0 aliphatic heterocycles. The summed E-state index contributed by atoms with van der Waals surface area (Å²) in [5.74, 6) is 0.465. The second-order valence-corrected chi connectivity index (χ2v) is 22.5. The third-order valence-electron chi connectivity index (χ3n) is 5.34. The normalized spacial score (nSPS) is 17.1. The molecule has 0 fully saturated rings. The zero-order valence-corrected chi connectivity index (χ0v) is 26.2. The maximum Gasteiger partial charge on any atom is 0.399 e. The Morgan fingerprint density at radius 3 is 1.55 bits per heavy atom. The van der Waals surface area contributed by atoms with Gasteiger partial charge < -0.3 is 9.03 Å². The van der Waals surface area contributed by atoms with Gasteiger partial charge in [-0.25, -0.2) is 0 Å². The van der Waals surface area contributed by atoms with Gasteiger partial charge in [-0.05, 0) is 58.6 Å². The van der Waals surface area contributed by atoms with Crippen LogP contribution in [-0.4, -0.2) is 42.1 Å². The van der Waals surface area contributed by atoms with E-state index in [-0.39, 0.29) is 27.3 Å². The van der Waals surface area contributed by atoms with E-state index in [1.54, 1.807) is 0 Å². The van der Waals surface area contributed by atoms with Crippen molar-refractivity contribution in [2.45, 2.75) is 99.3 Å². The molecule has 0 N–H and O–H groups in total. The Balaban J connectivity index is 0. The monoisotopic (exact) mass is 483 g/mol. The quantitative estimate of drug-likeness (QED) is 0.330. The maximum atomic E-state index is 12.5. The first-order chi connectivity index (χ1) is 12.3. The number of hydrogen-bond donors (Lipinski definition) is 0. The van der Waals surface area contributed by atoms with Crippen LogP contribution in [0.4, 0.5) is 0 Å². The van der Waals surface area contributed by atoms with Crippen LogP contribution in [-0.2, 0) is 26.2 Å². The summed E-state index contributed by atoms with van der Waals surface area (Å²) in [4.78, 5) is 0. The van der Waals surface area contributed by atoms with E-state index in [2.05, 4.69) is 98.8 Å². The number of rotatable bonds is 3. The Bertz CT molecular complexity index is 690. The van der Waals surface area contributed by atoms with Crippen LogP contribution in [0.3, 0.4) is 0 Å². The summed E-state index contributed by atoms with van der Waals surface area (Å²) in [6.07, 6.45) is 0. The van der Waals surface area contributed by atoms with Crippen LogP contribution in [0, 0.1) is 17.0 Å². The SMILES string of the molecule is CC1=C(C)C(C)C(C[Si](=O)N(C)C(C)(C)C)=C1C.C[Si](C)(C)C#C[Si](C)(C)C.[Ti]. The summed E-state index contributed by atoms with van der Waals surface area (Å²) in [5, 5.41) is 0. The van der Waals surface area contributed by atoms with Crippen LogP contribution in [0.15, 0.2) is 22.3 Å². The van der Waals surface area contributed by atoms with Crippen molar-refractivity contribution in [3.63, 3.8) is 0 Å². The van der Waals surface area contributed by atoms with Gasteiger partial charge in [-0.2, -0.15) is 0 Å². The molecule has 2 nitrogen and oxygen atoms in total. The standard InChI is InChI=1S/C15H27NOSi.C8H18Si2.Ti/c1-10-11(2)13(4)14(12(10)3)9-18(17)16(8)15(5,6)7;1-9(2,3)7-8-10(4,5)6;/h12H,9H2,1-8H3;1-6H3;. The van der Waals surface area contributed by atoms with E-state index in [0.717, 1.165) is 6.04 Å². The van der Waals surface area contributed by atoms with E-state index >= 15 is 0 Å². The fraction of sp³-hybridized carbons (Fsp3) is 0.739. The molecule has 1 aliphatic rings. The van der Waals surface area contributed by atoms with Crippen molar-refractivity contribution in [2.75, 3.05) is 7.05 Å². The van der Waals surface area contributed by atoms with E-state index in [1.807, 2.05) is 11.6 Å². The number of allylic oxidation sites excluding steroid dienone is 4. The second-order valence-electron chi connectivity index (χ2n) is 11.2. The van der Waals surface area contributed by atoms with Crippen LogP contribution >= 0.6 is 0 Å². The van der Waals surface area contributed by atoms with Gasteiger partial charge in [0, 0.05) is 40.3 Å². The molecule has 1 rings (SSSR count). The summed E-state index contributed by atoms with van der Waals surface area (Å²) < 4.78 is 14.5. The van der Waals surface area contributed by atoms with Crippen molar-refractivity contribution in [1.82, 2.24) is 4.57 Å². The summed E-state index contributed by atoms with van der Waals surface area (Å²) in [7, 11) is -1.93. The minimum absolute atomic E-state index is 0. The fourth-order valence-corrected chi connectivity index (χ4v) is 7.65. The molecule has 0 saturated carbocycles. The van der Waals surface area contributed by atoms with Gasteiger partial charge in [0.25, 0.3) is 0 Å². The number of hydrogen-bond acceptors (Lipinski definition) is 1. The van der Waals surface area contributed by atoms with Gasteiger partial charge in [0.2, 0.25) is 0 Å². The van der Waals surface area contributed by atoms with Crippen molar-refractivity contribution in [3.05, 3.63) is 22.3 Å². The Morgan fingerprint density at radius 1 is 0.931 bits per heavy atom. The molecule has 164 valence electrons. The molecule has 0 saturated heterocycles. The number of nitrogens with zero attached hydrogens (tertiary/aromatic N) is 1. The van der Waals surface area contributed by atoms with Gasteiger partial charge in [0.1, 0.15) is 16.1 Å². The van der Waals surface area contributed by atoms with Gasteiger partial charge in [0.15, 0.2) is 0 Å². The van der Waals surface area contributed by atoms with Crippen molar-refractivity contribution in [2.24, 2.45) is 5.92 Å². The Labute approximate surface area is 200 Å².